The lowest BCUT2D eigenvalue weighted by Gasteiger charge is -2.23. The molecular weight excluding hydrogens is 458 g/mol. The molecular formula is C32H35N3O2. The van der Waals surface area contributed by atoms with Crippen LogP contribution in [0, 0.1) is 5.92 Å². The third-order valence-corrected chi connectivity index (χ3v) is 7.23. The zero-order valence-corrected chi connectivity index (χ0v) is 21.6. The molecule has 1 aliphatic rings. The summed E-state index contributed by atoms with van der Waals surface area (Å²) in [5.74, 6) is -0.0329. The number of amides is 2. The fourth-order valence-electron chi connectivity index (χ4n) is 5.34. The summed E-state index contributed by atoms with van der Waals surface area (Å²) in [6.07, 6.45) is 1.50. The summed E-state index contributed by atoms with van der Waals surface area (Å²) >= 11 is 0. The van der Waals surface area contributed by atoms with Crippen LogP contribution in [-0.2, 0) is 11.3 Å². The first-order chi connectivity index (χ1) is 18.0. The number of nitrogens with one attached hydrogen (secondary N) is 2. The maximum atomic E-state index is 13.3. The van der Waals surface area contributed by atoms with Gasteiger partial charge in [0.05, 0.1) is 0 Å². The highest BCUT2D eigenvalue weighted by molar-refractivity contribution is 6.00. The van der Waals surface area contributed by atoms with Gasteiger partial charge in [-0.15, -0.1) is 0 Å². The molecule has 0 saturated carbocycles. The Morgan fingerprint density at radius 2 is 1.62 bits per heavy atom. The predicted octanol–water partition coefficient (Wildman–Crippen LogP) is 5.53. The smallest absolute Gasteiger partial charge is 0.251 e. The molecule has 1 heterocycles. The van der Waals surface area contributed by atoms with Gasteiger partial charge >= 0.3 is 0 Å². The van der Waals surface area contributed by atoms with Crippen molar-refractivity contribution >= 4 is 33.4 Å². The molecule has 4 aromatic rings. The number of likely N-dealkylation sites (tertiary alicyclic amines) is 1. The van der Waals surface area contributed by atoms with E-state index in [9.17, 15) is 9.59 Å². The van der Waals surface area contributed by atoms with Crippen LogP contribution in [0.15, 0.2) is 84.9 Å². The maximum Gasteiger partial charge on any atom is 0.251 e. The summed E-state index contributed by atoms with van der Waals surface area (Å²) in [5, 5.41) is 10.9. The molecule has 5 rings (SSSR count). The molecule has 1 saturated heterocycles. The molecule has 37 heavy (non-hydrogen) atoms. The van der Waals surface area contributed by atoms with Crippen LogP contribution in [-0.4, -0.2) is 41.9 Å². The highest BCUT2D eigenvalue weighted by Crippen LogP contribution is 2.22. The molecule has 0 spiro atoms. The van der Waals surface area contributed by atoms with E-state index in [-0.39, 0.29) is 23.8 Å². The zero-order chi connectivity index (χ0) is 25.8. The van der Waals surface area contributed by atoms with Gasteiger partial charge in [-0.05, 0) is 58.0 Å². The Labute approximate surface area is 218 Å². The minimum Gasteiger partial charge on any atom is -0.350 e. The average Bonchev–Trinajstić information content (AvgIpc) is 3.34. The van der Waals surface area contributed by atoms with Gasteiger partial charge in [0.25, 0.3) is 5.91 Å². The summed E-state index contributed by atoms with van der Waals surface area (Å²) in [6, 6.07) is 28.1. The lowest BCUT2D eigenvalue weighted by molar-refractivity contribution is -0.124. The van der Waals surface area contributed by atoms with Gasteiger partial charge in [0.1, 0.15) is 6.04 Å². The van der Waals surface area contributed by atoms with Crippen molar-refractivity contribution in [3.05, 3.63) is 96.1 Å². The molecule has 0 aromatic heterocycles. The van der Waals surface area contributed by atoms with Gasteiger partial charge in [0.15, 0.2) is 0 Å². The van der Waals surface area contributed by atoms with Crippen molar-refractivity contribution in [1.29, 1.82) is 0 Å². The minimum atomic E-state index is -0.564. The number of nitrogens with zero attached hydrogens (tertiary/aromatic N) is 1. The van der Waals surface area contributed by atoms with E-state index >= 15 is 0 Å². The number of carbonyl (C=O) groups is 2. The van der Waals surface area contributed by atoms with Crippen molar-refractivity contribution in [2.75, 3.05) is 13.1 Å². The highest BCUT2D eigenvalue weighted by atomic mass is 16.2. The average molecular weight is 494 g/mol. The number of rotatable bonds is 8. The van der Waals surface area contributed by atoms with Crippen molar-refractivity contribution in [1.82, 2.24) is 15.5 Å². The molecule has 1 aliphatic heterocycles. The van der Waals surface area contributed by atoms with Gasteiger partial charge < -0.3 is 10.6 Å². The minimum absolute atomic E-state index is 0.0784. The highest BCUT2D eigenvalue weighted by Gasteiger charge is 2.28. The Morgan fingerprint density at radius 1 is 0.892 bits per heavy atom. The first-order valence-electron chi connectivity index (χ1n) is 13.3. The van der Waals surface area contributed by atoms with Crippen LogP contribution in [0.3, 0.4) is 0 Å². The van der Waals surface area contributed by atoms with Crippen LogP contribution >= 0.6 is 0 Å². The fourth-order valence-corrected chi connectivity index (χ4v) is 5.34. The molecule has 0 aliphatic carbocycles. The Bertz CT molecular complexity index is 1410. The number of carbonyl (C=O) groups excluding carboxylic acids is 2. The van der Waals surface area contributed by atoms with Crippen molar-refractivity contribution in [2.45, 2.75) is 45.3 Å². The molecule has 5 heteroatoms. The van der Waals surface area contributed by atoms with E-state index in [2.05, 4.69) is 71.8 Å². The SMILES string of the molecule is CC(C)C[C@H](NC(=O)c1ccc2ccccc2c1)C(=O)N[C@H]1CCN(Cc2cccc3ccccc23)C1. The second-order valence-corrected chi connectivity index (χ2v) is 10.6. The number of hydrogen-bond acceptors (Lipinski definition) is 3. The number of benzene rings is 4. The van der Waals surface area contributed by atoms with E-state index in [1.54, 1.807) is 0 Å². The maximum absolute atomic E-state index is 13.3. The lowest BCUT2D eigenvalue weighted by Crippen LogP contribution is -2.50. The first kappa shape index (κ1) is 25.0. The third-order valence-electron chi connectivity index (χ3n) is 7.23. The number of hydrogen-bond donors (Lipinski definition) is 2. The van der Waals surface area contributed by atoms with Crippen LogP contribution in [0.2, 0.25) is 0 Å². The van der Waals surface area contributed by atoms with Gasteiger partial charge in [-0.25, -0.2) is 0 Å². The zero-order valence-electron chi connectivity index (χ0n) is 21.6. The third kappa shape index (κ3) is 6.00. The van der Waals surface area contributed by atoms with Crippen molar-refractivity contribution in [2.24, 2.45) is 5.92 Å². The first-order valence-corrected chi connectivity index (χ1v) is 13.3. The van der Waals surface area contributed by atoms with E-state index in [1.165, 1.54) is 16.3 Å². The van der Waals surface area contributed by atoms with E-state index in [0.717, 1.165) is 36.8 Å². The monoisotopic (exact) mass is 493 g/mol. The Balaban J connectivity index is 1.21. The van der Waals surface area contributed by atoms with Crippen molar-refractivity contribution in [3.63, 3.8) is 0 Å². The molecule has 5 nitrogen and oxygen atoms in total. The molecule has 1 fully saturated rings. The van der Waals surface area contributed by atoms with Gasteiger partial charge in [-0.1, -0.05) is 86.6 Å². The molecule has 2 N–H and O–H groups in total. The second kappa shape index (κ2) is 11.1. The van der Waals surface area contributed by atoms with Crippen molar-refractivity contribution < 1.29 is 9.59 Å². The van der Waals surface area contributed by atoms with E-state index in [1.807, 2.05) is 42.5 Å². The topological polar surface area (TPSA) is 61.4 Å². The molecule has 0 radical (unpaired) electrons. The van der Waals surface area contributed by atoms with Gasteiger partial charge in [0, 0.05) is 31.2 Å². The largest absolute Gasteiger partial charge is 0.350 e. The molecule has 2 amide bonds. The molecule has 4 aromatic carbocycles. The summed E-state index contributed by atoms with van der Waals surface area (Å²) in [6.45, 7) is 6.75. The molecule has 0 unspecified atom stereocenters. The van der Waals surface area contributed by atoms with E-state index in [0.29, 0.717) is 12.0 Å². The van der Waals surface area contributed by atoms with Crippen LogP contribution < -0.4 is 10.6 Å². The summed E-state index contributed by atoms with van der Waals surface area (Å²) in [5.41, 5.74) is 1.88. The summed E-state index contributed by atoms with van der Waals surface area (Å²) < 4.78 is 0. The lowest BCUT2D eigenvalue weighted by atomic mass is 10.0. The Morgan fingerprint density at radius 3 is 2.43 bits per heavy atom. The Hall–Kier alpha value is -3.70. The normalized spacial score (nSPS) is 16.8. The van der Waals surface area contributed by atoms with Gasteiger partial charge in [-0.3, -0.25) is 14.5 Å². The Kier molecular flexibility index (Phi) is 7.52. The quantitative estimate of drug-likeness (QED) is 0.339. The summed E-state index contributed by atoms with van der Waals surface area (Å²) in [7, 11) is 0. The summed E-state index contributed by atoms with van der Waals surface area (Å²) in [4.78, 5) is 28.8. The molecule has 190 valence electrons. The standard InChI is InChI=1S/C32H35N3O2/c1-22(2)18-30(34-31(36)26-15-14-23-8-3-4-10-25(23)19-26)32(37)33-28-16-17-35(21-28)20-27-12-7-11-24-9-5-6-13-29(24)27/h3-15,19,22,28,30H,16-18,20-21H2,1-2H3,(H,33,37)(H,34,36)/t28-,30-/m0/s1. The van der Waals surface area contributed by atoms with E-state index < -0.39 is 6.04 Å². The molecule has 0 bridgehead atoms. The van der Waals surface area contributed by atoms with Gasteiger partial charge in [-0.2, -0.15) is 0 Å². The fraction of sp³-hybridized carbons (Fsp3) is 0.312. The van der Waals surface area contributed by atoms with Crippen molar-refractivity contribution in [3.8, 4) is 0 Å². The van der Waals surface area contributed by atoms with Crippen LogP contribution in [0.25, 0.3) is 21.5 Å². The molecule has 2 atom stereocenters. The van der Waals surface area contributed by atoms with E-state index in [4.69, 9.17) is 0 Å². The number of fused-ring (bicyclic) bond motifs is 2. The van der Waals surface area contributed by atoms with Crippen LogP contribution in [0.5, 0.6) is 0 Å². The predicted molar refractivity (Wildman–Crippen MR) is 150 cm³/mol. The van der Waals surface area contributed by atoms with Crippen LogP contribution in [0.4, 0.5) is 0 Å². The van der Waals surface area contributed by atoms with Crippen LogP contribution in [0.1, 0.15) is 42.6 Å². The second-order valence-electron chi connectivity index (χ2n) is 10.6. The van der Waals surface area contributed by atoms with Gasteiger partial charge in [0.2, 0.25) is 5.91 Å².